The number of aromatic nitrogens is 1. The van der Waals surface area contributed by atoms with E-state index in [0.717, 1.165) is 31.0 Å². The Balaban J connectivity index is 1.89. The molecule has 3 rings (SSSR count). The van der Waals surface area contributed by atoms with E-state index in [0.29, 0.717) is 6.54 Å². The third-order valence-electron chi connectivity index (χ3n) is 3.31. The van der Waals surface area contributed by atoms with Crippen LogP contribution in [0.5, 0.6) is 0 Å². The Morgan fingerprint density at radius 3 is 3.06 bits per heavy atom. The molecule has 0 radical (unpaired) electrons. The first-order chi connectivity index (χ1) is 8.86. The molecule has 2 N–H and O–H groups in total. The highest BCUT2D eigenvalue weighted by atomic mass is 16.5. The SMILES string of the molecule is NCC1CN(c2ccc3ccccc3n2)CCO1. The molecule has 1 atom stereocenters. The quantitative estimate of drug-likeness (QED) is 0.866. The number of anilines is 1. The van der Waals surface area contributed by atoms with Crippen molar-refractivity contribution in [3.63, 3.8) is 0 Å². The predicted molar refractivity (Wildman–Crippen MR) is 72.8 cm³/mol. The van der Waals surface area contributed by atoms with E-state index in [-0.39, 0.29) is 6.10 Å². The number of fused-ring (bicyclic) bond motifs is 1. The highest BCUT2D eigenvalue weighted by molar-refractivity contribution is 5.80. The number of rotatable bonds is 2. The number of para-hydroxylation sites is 1. The van der Waals surface area contributed by atoms with Gasteiger partial charge in [-0.15, -0.1) is 0 Å². The van der Waals surface area contributed by atoms with Gasteiger partial charge >= 0.3 is 0 Å². The molecule has 1 aliphatic heterocycles. The Labute approximate surface area is 106 Å². The van der Waals surface area contributed by atoms with Gasteiger partial charge in [-0.3, -0.25) is 0 Å². The summed E-state index contributed by atoms with van der Waals surface area (Å²) in [6, 6.07) is 12.4. The summed E-state index contributed by atoms with van der Waals surface area (Å²) in [5, 5.41) is 1.17. The van der Waals surface area contributed by atoms with Crippen molar-refractivity contribution in [2.75, 3.05) is 31.1 Å². The molecule has 0 saturated carbocycles. The van der Waals surface area contributed by atoms with Crippen LogP contribution in [0.2, 0.25) is 0 Å². The van der Waals surface area contributed by atoms with Crippen LogP contribution in [-0.4, -0.2) is 37.3 Å². The van der Waals surface area contributed by atoms with Crippen LogP contribution in [0, 0.1) is 0 Å². The first-order valence-electron chi connectivity index (χ1n) is 6.29. The van der Waals surface area contributed by atoms with Crippen molar-refractivity contribution >= 4 is 16.7 Å². The van der Waals surface area contributed by atoms with Gasteiger partial charge in [-0.2, -0.15) is 0 Å². The van der Waals surface area contributed by atoms with Crippen LogP contribution in [0.3, 0.4) is 0 Å². The van der Waals surface area contributed by atoms with E-state index >= 15 is 0 Å². The Hall–Kier alpha value is -1.65. The number of benzene rings is 1. The second kappa shape index (κ2) is 4.92. The van der Waals surface area contributed by atoms with Gasteiger partial charge in [0.15, 0.2) is 0 Å². The fourth-order valence-electron chi connectivity index (χ4n) is 2.30. The Morgan fingerprint density at radius 1 is 1.28 bits per heavy atom. The molecule has 1 fully saturated rings. The van der Waals surface area contributed by atoms with Gasteiger partial charge in [-0.1, -0.05) is 18.2 Å². The van der Waals surface area contributed by atoms with E-state index in [1.54, 1.807) is 0 Å². The molecule has 0 amide bonds. The molecule has 4 heteroatoms. The molecule has 1 unspecified atom stereocenters. The minimum absolute atomic E-state index is 0.118. The maximum Gasteiger partial charge on any atom is 0.129 e. The van der Waals surface area contributed by atoms with Crippen molar-refractivity contribution in [3.05, 3.63) is 36.4 Å². The molecular weight excluding hydrogens is 226 g/mol. The lowest BCUT2D eigenvalue weighted by Gasteiger charge is -2.33. The predicted octanol–water partition coefficient (Wildman–Crippen LogP) is 1.40. The molecule has 18 heavy (non-hydrogen) atoms. The minimum atomic E-state index is 0.118. The summed E-state index contributed by atoms with van der Waals surface area (Å²) in [4.78, 5) is 6.94. The Morgan fingerprint density at radius 2 is 2.17 bits per heavy atom. The highest BCUT2D eigenvalue weighted by Gasteiger charge is 2.20. The van der Waals surface area contributed by atoms with Crippen molar-refractivity contribution in [3.8, 4) is 0 Å². The van der Waals surface area contributed by atoms with Crippen LogP contribution in [0.1, 0.15) is 0 Å². The van der Waals surface area contributed by atoms with Gasteiger partial charge in [0.2, 0.25) is 0 Å². The van der Waals surface area contributed by atoms with Gasteiger partial charge in [-0.25, -0.2) is 4.98 Å². The monoisotopic (exact) mass is 243 g/mol. The van der Waals surface area contributed by atoms with Gasteiger partial charge in [-0.05, 0) is 18.2 Å². The average molecular weight is 243 g/mol. The van der Waals surface area contributed by atoms with Crippen LogP contribution in [0.15, 0.2) is 36.4 Å². The van der Waals surface area contributed by atoms with Crippen LogP contribution in [-0.2, 0) is 4.74 Å². The third kappa shape index (κ3) is 2.17. The number of hydrogen-bond acceptors (Lipinski definition) is 4. The summed E-state index contributed by atoms with van der Waals surface area (Å²) in [7, 11) is 0. The summed E-state index contributed by atoms with van der Waals surface area (Å²) < 4.78 is 5.57. The van der Waals surface area contributed by atoms with E-state index in [4.69, 9.17) is 15.5 Å². The molecule has 2 aromatic rings. The van der Waals surface area contributed by atoms with Crippen LogP contribution < -0.4 is 10.6 Å². The molecule has 94 valence electrons. The molecule has 1 saturated heterocycles. The number of ether oxygens (including phenoxy) is 1. The second-order valence-electron chi connectivity index (χ2n) is 4.54. The number of morpholine rings is 1. The van der Waals surface area contributed by atoms with E-state index in [2.05, 4.69) is 23.1 Å². The summed E-state index contributed by atoms with van der Waals surface area (Å²) >= 11 is 0. The zero-order valence-corrected chi connectivity index (χ0v) is 10.2. The number of hydrogen-bond donors (Lipinski definition) is 1. The smallest absolute Gasteiger partial charge is 0.129 e. The van der Waals surface area contributed by atoms with Crippen molar-refractivity contribution < 1.29 is 4.74 Å². The first-order valence-corrected chi connectivity index (χ1v) is 6.29. The second-order valence-corrected chi connectivity index (χ2v) is 4.54. The molecule has 4 nitrogen and oxygen atoms in total. The number of nitrogens with two attached hydrogens (primary N) is 1. The summed E-state index contributed by atoms with van der Waals surface area (Å²) in [5.41, 5.74) is 6.70. The summed E-state index contributed by atoms with van der Waals surface area (Å²) in [6.45, 7) is 2.98. The van der Waals surface area contributed by atoms with E-state index in [1.165, 1.54) is 5.39 Å². The van der Waals surface area contributed by atoms with Crippen molar-refractivity contribution in [2.24, 2.45) is 5.73 Å². The molecule has 1 aromatic heterocycles. The van der Waals surface area contributed by atoms with Gasteiger partial charge < -0.3 is 15.4 Å². The van der Waals surface area contributed by atoms with E-state index in [1.807, 2.05) is 18.2 Å². The van der Waals surface area contributed by atoms with Crippen LogP contribution >= 0.6 is 0 Å². The minimum Gasteiger partial charge on any atom is -0.373 e. The Kier molecular flexibility index (Phi) is 3.13. The summed E-state index contributed by atoms with van der Waals surface area (Å²) in [6.07, 6.45) is 0.118. The lowest BCUT2D eigenvalue weighted by molar-refractivity contribution is 0.0463. The van der Waals surface area contributed by atoms with Gasteiger partial charge in [0.05, 0.1) is 18.2 Å². The molecule has 1 aromatic carbocycles. The highest BCUT2D eigenvalue weighted by Crippen LogP contribution is 2.19. The molecule has 0 spiro atoms. The zero-order valence-electron chi connectivity index (χ0n) is 10.2. The lowest BCUT2D eigenvalue weighted by Crippen LogP contribution is -2.46. The van der Waals surface area contributed by atoms with Crippen molar-refractivity contribution in [1.82, 2.24) is 4.98 Å². The summed E-state index contributed by atoms with van der Waals surface area (Å²) in [5.74, 6) is 1.01. The molecule has 1 aliphatic rings. The fourth-order valence-corrected chi connectivity index (χ4v) is 2.30. The largest absolute Gasteiger partial charge is 0.373 e. The van der Waals surface area contributed by atoms with Gasteiger partial charge in [0.1, 0.15) is 5.82 Å². The number of pyridine rings is 1. The van der Waals surface area contributed by atoms with Crippen molar-refractivity contribution in [1.29, 1.82) is 0 Å². The van der Waals surface area contributed by atoms with Crippen LogP contribution in [0.4, 0.5) is 5.82 Å². The maximum atomic E-state index is 5.66. The average Bonchev–Trinajstić information content (AvgIpc) is 2.47. The third-order valence-corrected chi connectivity index (χ3v) is 3.31. The maximum absolute atomic E-state index is 5.66. The molecule has 2 heterocycles. The lowest BCUT2D eigenvalue weighted by atomic mass is 10.2. The Bertz CT molecular complexity index is 543. The first kappa shape index (κ1) is 11.4. The normalized spacial score (nSPS) is 20.3. The van der Waals surface area contributed by atoms with Crippen molar-refractivity contribution in [2.45, 2.75) is 6.10 Å². The number of nitrogens with zero attached hydrogens (tertiary/aromatic N) is 2. The van der Waals surface area contributed by atoms with E-state index < -0.39 is 0 Å². The van der Waals surface area contributed by atoms with Crippen LogP contribution in [0.25, 0.3) is 10.9 Å². The van der Waals surface area contributed by atoms with Gasteiger partial charge in [0.25, 0.3) is 0 Å². The molecular formula is C14H17N3O. The molecule has 0 bridgehead atoms. The molecule has 0 aliphatic carbocycles. The topological polar surface area (TPSA) is 51.4 Å². The standard InChI is InChI=1S/C14H17N3O/c15-9-12-10-17(7-8-18-12)14-6-5-11-3-1-2-4-13(11)16-14/h1-6,12H,7-10,15H2. The fraction of sp³-hybridized carbons (Fsp3) is 0.357. The van der Waals surface area contributed by atoms with Gasteiger partial charge in [0, 0.05) is 25.0 Å². The van der Waals surface area contributed by atoms with E-state index in [9.17, 15) is 0 Å². The zero-order chi connectivity index (χ0) is 12.4.